The Kier molecular flexibility index (Phi) is 8.40. The minimum absolute atomic E-state index is 0.100. The van der Waals surface area contributed by atoms with E-state index in [4.69, 9.17) is 11.6 Å². The molecular formula is C33H36ClN7O3. The molecule has 4 heterocycles. The first-order valence-corrected chi connectivity index (χ1v) is 15.3. The number of hydrogen-bond donors (Lipinski definition) is 3. The maximum absolute atomic E-state index is 13.4. The van der Waals surface area contributed by atoms with Crippen molar-refractivity contribution in [3.05, 3.63) is 97.9 Å². The van der Waals surface area contributed by atoms with Crippen LogP contribution in [0, 0.1) is 6.92 Å². The molecule has 2 aromatic heterocycles. The van der Waals surface area contributed by atoms with Crippen molar-refractivity contribution in [3.8, 4) is 11.1 Å². The number of carbonyl (C=O) groups is 2. The number of benzene rings is 2. The molecule has 0 bridgehead atoms. The van der Waals surface area contributed by atoms with E-state index in [0.717, 1.165) is 67.0 Å². The van der Waals surface area contributed by atoms with E-state index >= 15 is 0 Å². The number of likely N-dealkylation sites (tertiary alicyclic amines) is 1. The summed E-state index contributed by atoms with van der Waals surface area (Å²) in [6.45, 7) is 6.12. The van der Waals surface area contributed by atoms with Crippen LogP contribution >= 0.6 is 11.6 Å². The average molecular weight is 614 g/mol. The van der Waals surface area contributed by atoms with Gasteiger partial charge in [-0.2, -0.15) is 0 Å². The predicted molar refractivity (Wildman–Crippen MR) is 172 cm³/mol. The van der Waals surface area contributed by atoms with Gasteiger partial charge in [-0.1, -0.05) is 35.9 Å². The van der Waals surface area contributed by atoms with Gasteiger partial charge in [-0.25, -0.2) is 4.98 Å². The van der Waals surface area contributed by atoms with Crippen LogP contribution in [0.4, 0.5) is 11.4 Å². The van der Waals surface area contributed by atoms with Crippen LogP contribution in [-0.2, 0) is 33.6 Å². The van der Waals surface area contributed by atoms with E-state index in [1.807, 2.05) is 42.8 Å². The number of amides is 2. The SMILES string of the molecule is Cc1c(NC(=O)c2cc(CN3CCCC3)cn(C)c2=O)cccc1-c1cccc(NC(=O)c2nc3c(n2C)CCNC3)c1Cl. The summed E-state index contributed by atoms with van der Waals surface area (Å²) in [6, 6.07) is 12.7. The van der Waals surface area contributed by atoms with E-state index in [2.05, 4.69) is 25.8 Å². The second kappa shape index (κ2) is 12.4. The average Bonchev–Trinajstić information content (AvgIpc) is 3.65. The number of rotatable bonds is 7. The van der Waals surface area contributed by atoms with Crippen molar-refractivity contribution < 1.29 is 9.59 Å². The lowest BCUT2D eigenvalue weighted by molar-refractivity contribution is 0.101. The molecule has 11 heteroatoms. The van der Waals surface area contributed by atoms with Gasteiger partial charge in [0, 0.05) is 63.3 Å². The quantitative estimate of drug-likeness (QED) is 0.283. The van der Waals surface area contributed by atoms with Crippen LogP contribution in [0.25, 0.3) is 11.1 Å². The van der Waals surface area contributed by atoms with Gasteiger partial charge in [0.05, 0.1) is 16.4 Å². The molecule has 2 aromatic carbocycles. The van der Waals surface area contributed by atoms with Crippen LogP contribution in [0.5, 0.6) is 0 Å². The summed E-state index contributed by atoms with van der Waals surface area (Å²) in [5, 5.41) is 9.54. The predicted octanol–water partition coefficient (Wildman–Crippen LogP) is 4.49. The third kappa shape index (κ3) is 5.80. The highest BCUT2D eigenvalue weighted by atomic mass is 35.5. The molecule has 6 rings (SSSR count). The Morgan fingerprint density at radius 3 is 2.45 bits per heavy atom. The number of pyridine rings is 1. The summed E-state index contributed by atoms with van der Waals surface area (Å²) in [4.78, 5) is 46.5. The normalized spacial score (nSPS) is 14.8. The Morgan fingerprint density at radius 2 is 1.70 bits per heavy atom. The Morgan fingerprint density at radius 1 is 1.00 bits per heavy atom. The summed E-state index contributed by atoms with van der Waals surface area (Å²) in [7, 11) is 3.53. The fourth-order valence-electron chi connectivity index (χ4n) is 6.16. The van der Waals surface area contributed by atoms with E-state index in [1.54, 1.807) is 31.4 Å². The maximum Gasteiger partial charge on any atom is 0.291 e. The van der Waals surface area contributed by atoms with Gasteiger partial charge in [0.15, 0.2) is 5.82 Å². The molecule has 4 aromatic rings. The van der Waals surface area contributed by atoms with E-state index in [9.17, 15) is 14.4 Å². The number of imidazole rings is 1. The van der Waals surface area contributed by atoms with Crippen molar-refractivity contribution >= 4 is 34.8 Å². The van der Waals surface area contributed by atoms with Crippen LogP contribution in [0.15, 0.2) is 53.5 Å². The molecule has 2 aliphatic rings. The lowest BCUT2D eigenvalue weighted by atomic mass is 9.98. The van der Waals surface area contributed by atoms with Crippen molar-refractivity contribution in [3.63, 3.8) is 0 Å². The summed E-state index contributed by atoms with van der Waals surface area (Å²) in [5.74, 6) is -0.474. The number of nitrogens with one attached hydrogen (secondary N) is 3. The molecule has 2 amide bonds. The van der Waals surface area contributed by atoms with Gasteiger partial charge in [0.2, 0.25) is 0 Å². The first kappa shape index (κ1) is 29.8. The van der Waals surface area contributed by atoms with Gasteiger partial charge in [-0.15, -0.1) is 0 Å². The lowest BCUT2D eigenvalue weighted by Crippen LogP contribution is -2.29. The van der Waals surface area contributed by atoms with E-state index < -0.39 is 5.91 Å². The third-order valence-corrected chi connectivity index (χ3v) is 8.95. The number of anilines is 2. The molecule has 0 unspecified atom stereocenters. The van der Waals surface area contributed by atoms with E-state index in [1.165, 1.54) is 4.57 Å². The first-order valence-electron chi connectivity index (χ1n) is 14.9. The molecule has 1 saturated heterocycles. The van der Waals surface area contributed by atoms with Gasteiger partial charge in [-0.05, 0) is 67.7 Å². The fraction of sp³-hybridized carbons (Fsp3) is 0.333. The molecular weight excluding hydrogens is 578 g/mol. The number of aromatic nitrogens is 3. The van der Waals surface area contributed by atoms with Crippen LogP contribution in [0.3, 0.4) is 0 Å². The molecule has 0 atom stereocenters. The molecule has 10 nitrogen and oxygen atoms in total. The van der Waals surface area contributed by atoms with Crippen LogP contribution in [-0.4, -0.2) is 50.5 Å². The number of aryl methyl sites for hydroxylation is 1. The highest BCUT2D eigenvalue weighted by molar-refractivity contribution is 6.36. The minimum atomic E-state index is -0.464. The highest BCUT2D eigenvalue weighted by Crippen LogP contribution is 2.37. The van der Waals surface area contributed by atoms with Gasteiger partial charge >= 0.3 is 0 Å². The number of hydrogen-bond acceptors (Lipinski definition) is 6. The zero-order valence-electron chi connectivity index (χ0n) is 25.2. The van der Waals surface area contributed by atoms with Crippen LogP contribution in [0.1, 0.15) is 56.3 Å². The third-order valence-electron chi connectivity index (χ3n) is 8.54. The number of fused-ring (bicyclic) bond motifs is 1. The monoisotopic (exact) mass is 613 g/mol. The van der Waals surface area contributed by atoms with E-state index in [0.29, 0.717) is 40.9 Å². The van der Waals surface area contributed by atoms with Crippen molar-refractivity contribution in [1.82, 2.24) is 24.3 Å². The van der Waals surface area contributed by atoms with Crippen LogP contribution < -0.4 is 21.5 Å². The second-order valence-corrected chi connectivity index (χ2v) is 11.9. The number of halogens is 1. The van der Waals surface area contributed by atoms with Crippen molar-refractivity contribution in [2.75, 3.05) is 30.3 Å². The molecule has 1 fully saturated rings. The van der Waals surface area contributed by atoms with Gasteiger partial charge < -0.3 is 25.1 Å². The highest BCUT2D eigenvalue weighted by Gasteiger charge is 2.23. The fourth-order valence-corrected chi connectivity index (χ4v) is 6.43. The molecule has 2 aliphatic heterocycles. The summed E-state index contributed by atoms with van der Waals surface area (Å²) < 4.78 is 3.31. The molecule has 0 spiro atoms. The maximum atomic E-state index is 13.4. The van der Waals surface area contributed by atoms with Crippen molar-refractivity contribution in [1.29, 1.82) is 0 Å². The first-order chi connectivity index (χ1) is 21.2. The van der Waals surface area contributed by atoms with Crippen molar-refractivity contribution in [2.45, 2.75) is 39.3 Å². The summed E-state index contributed by atoms with van der Waals surface area (Å²) >= 11 is 6.88. The van der Waals surface area contributed by atoms with E-state index in [-0.39, 0.29) is 17.0 Å². The topological polar surface area (TPSA) is 113 Å². The zero-order valence-corrected chi connectivity index (χ0v) is 25.9. The Labute approximate surface area is 261 Å². The molecule has 0 radical (unpaired) electrons. The second-order valence-electron chi connectivity index (χ2n) is 11.5. The van der Waals surface area contributed by atoms with Gasteiger partial charge in [0.25, 0.3) is 17.4 Å². The minimum Gasteiger partial charge on any atom is -0.327 e. The van der Waals surface area contributed by atoms with Gasteiger partial charge in [0.1, 0.15) is 5.56 Å². The van der Waals surface area contributed by atoms with Crippen LogP contribution in [0.2, 0.25) is 5.02 Å². The van der Waals surface area contributed by atoms with Crippen molar-refractivity contribution in [2.24, 2.45) is 14.1 Å². The Balaban J connectivity index is 1.24. The summed E-state index contributed by atoms with van der Waals surface area (Å²) in [6.07, 6.45) is 4.94. The smallest absolute Gasteiger partial charge is 0.291 e. The molecule has 0 saturated carbocycles. The Bertz CT molecular complexity index is 1820. The number of nitrogens with zero attached hydrogens (tertiary/aromatic N) is 4. The summed E-state index contributed by atoms with van der Waals surface area (Å²) in [5.41, 5.74) is 5.91. The molecule has 0 aliphatic carbocycles. The molecule has 44 heavy (non-hydrogen) atoms. The zero-order chi connectivity index (χ0) is 31.0. The lowest BCUT2D eigenvalue weighted by Gasteiger charge is -2.17. The Hall–Kier alpha value is -4.25. The molecule has 3 N–H and O–H groups in total. The number of carbonyl (C=O) groups excluding carboxylic acids is 2. The standard InChI is InChI=1S/C33H36ClN7O3/c1-20-22(23-9-7-11-26(29(23)34)38-32(43)30-36-27-17-35-13-12-28(27)40(30)3)8-6-10-25(20)37-31(42)24-16-21(18-39(2)33(24)44)19-41-14-4-5-15-41/h6-11,16,18,35H,4-5,12-15,17,19H2,1-3H3,(H,37,42)(H,38,43). The molecule has 228 valence electrons. The largest absolute Gasteiger partial charge is 0.327 e. The van der Waals surface area contributed by atoms with Gasteiger partial charge in [-0.3, -0.25) is 19.3 Å².